The van der Waals surface area contributed by atoms with E-state index in [0.29, 0.717) is 17.7 Å². The first-order chi connectivity index (χ1) is 5.24. The molecule has 4 heteroatoms. The standard InChI is InChI=1S/C7H6N2OS/c8-7(11)6-3-1-2-5(4-10)9-6/h1-4H,(H2,8,11). The van der Waals surface area contributed by atoms with Crippen LogP contribution in [-0.2, 0) is 0 Å². The van der Waals surface area contributed by atoms with Crippen LogP contribution in [0.2, 0.25) is 0 Å². The summed E-state index contributed by atoms with van der Waals surface area (Å²) in [5, 5.41) is 0. The lowest BCUT2D eigenvalue weighted by Gasteiger charge is -1.95. The molecule has 0 spiro atoms. The number of pyridine rings is 1. The first-order valence-corrected chi connectivity index (χ1v) is 3.37. The molecule has 0 unspecified atom stereocenters. The molecule has 0 aliphatic carbocycles. The van der Waals surface area contributed by atoms with Gasteiger partial charge >= 0.3 is 0 Å². The Balaban J connectivity index is 3.10. The van der Waals surface area contributed by atoms with Crippen molar-refractivity contribution in [1.29, 1.82) is 0 Å². The highest BCUT2D eigenvalue weighted by atomic mass is 32.1. The largest absolute Gasteiger partial charge is 0.388 e. The van der Waals surface area contributed by atoms with Crippen LogP contribution in [0.25, 0.3) is 0 Å². The topological polar surface area (TPSA) is 56.0 Å². The zero-order chi connectivity index (χ0) is 8.27. The van der Waals surface area contributed by atoms with Gasteiger partial charge in [0.15, 0.2) is 6.29 Å². The van der Waals surface area contributed by atoms with Gasteiger partial charge in [0, 0.05) is 0 Å². The fourth-order valence-electron chi connectivity index (χ4n) is 0.654. The molecule has 1 aromatic heterocycles. The van der Waals surface area contributed by atoms with E-state index >= 15 is 0 Å². The normalized spacial score (nSPS) is 9.09. The van der Waals surface area contributed by atoms with Gasteiger partial charge in [0.05, 0.1) is 5.69 Å². The molecule has 0 saturated heterocycles. The van der Waals surface area contributed by atoms with Crippen molar-refractivity contribution in [2.24, 2.45) is 5.73 Å². The van der Waals surface area contributed by atoms with Gasteiger partial charge in [0.25, 0.3) is 0 Å². The van der Waals surface area contributed by atoms with Crippen molar-refractivity contribution < 1.29 is 4.79 Å². The molecule has 0 aromatic carbocycles. The second kappa shape index (κ2) is 3.21. The number of nitrogens with two attached hydrogens (primary N) is 1. The van der Waals surface area contributed by atoms with Crippen LogP contribution in [0.4, 0.5) is 0 Å². The Kier molecular flexibility index (Phi) is 2.28. The van der Waals surface area contributed by atoms with Gasteiger partial charge in [-0.1, -0.05) is 18.3 Å². The second-order valence-electron chi connectivity index (χ2n) is 1.93. The van der Waals surface area contributed by atoms with E-state index < -0.39 is 0 Å². The number of aldehydes is 1. The van der Waals surface area contributed by atoms with Gasteiger partial charge in [-0.15, -0.1) is 0 Å². The van der Waals surface area contributed by atoms with E-state index in [1.807, 2.05) is 0 Å². The Hall–Kier alpha value is -1.29. The quantitative estimate of drug-likeness (QED) is 0.514. The van der Waals surface area contributed by atoms with Crippen LogP contribution in [0.1, 0.15) is 16.2 Å². The van der Waals surface area contributed by atoms with Gasteiger partial charge in [-0.05, 0) is 12.1 Å². The Morgan fingerprint density at radius 1 is 1.64 bits per heavy atom. The number of carbonyl (C=O) groups excluding carboxylic acids is 1. The molecule has 11 heavy (non-hydrogen) atoms. The average Bonchev–Trinajstić information content (AvgIpc) is 2.05. The van der Waals surface area contributed by atoms with E-state index in [4.69, 9.17) is 5.73 Å². The van der Waals surface area contributed by atoms with E-state index in [9.17, 15) is 4.79 Å². The summed E-state index contributed by atoms with van der Waals surface area (Å²) in [6.07, 6.45) is 0.655. The minimum atomic E-state index is 0.203. The molecule has 0 aliphatic rings. The predicted octanol–water partition coefficient (Wildman–Crippen LogP) is 0.528. The van der Waals surface area contributed by atoms with Gasteiger partial charge in [-0.25, -0.2) is 4.98 Å². The molecule has 1 rings (SSSR count). The third kappa shape index (κ3) is 1.81. The number of carbonyl (C=O) groups is 1. The SMILES string of the molecule is NC(=S)c1cccc(C=O)n1. The highest BCUT2D eigenvalue weighted by molar-refractivity contribution is 7.80. The first kappa shape index (κ1) is 7.81. The number of nitrogens with zero attached hydrogens (tertiary/aromatic N) is 1. The number of rotatable bonds is 2. The van der Waals surface area contributed by atoms with Gasteiger partial charge in [0.2, 0.25) is 0 Å². The van der Waals surface area contributed by atoms with E-state index in [1.165, 1.54) is 0 Å². The summed E-state index contributed by atoms with van der Waals surface area (Å²) in [6.45, 7) is 0. The Morgan fingerprint density at radius 2 is 2.36 bits per heavy atom. The molecule has 0 fully saturated rings. The lowest BCUT2D eigenvalue weighted by Crippen LogP contribution is -2.12. The predicted molar refractivity (Wildman–Crippen MR) is 45.5 cm³/mol. The van der Waals surface area contributed by atoms with E-state index in [-0.39, 0.29) is 4.99 Å². The molecular weight excluding hydrogens is 160 g/mol. The molecule has 3 nitrogen and oxygen atoms in total. The average molecular weight is 166 g/mol. The number of aromatic nitrogens is 1. The summed E-state index contributed by atoms with van der Waals surface area (Å²) >= 11 is 4.67. The second-order valence-corrected chi connectivity index (χ2v) is 2.37. The van der Waals surface area contributed by atoms with Crippen molar-refractivity contribution >= 4 is 23.5 Å². The van der Waals surface area contributed by atoms with Crippen molar-refractivity contribution in [2.75, 3.05) is 0 Å². The monoisotopic (exact) mass is 166 g/mol. The fraction of sp³-hybridized carbons (Fsp3) is 0. The maximum Gasteiger partial charge on any atom is 0.168 e. The van der Waals surface area contributed by atoms with Crippen molar-refractivity contribution in [3.05, 3.63) is 29.6 Å². The van der Waals surface area contributed by atoms with E-state index in [1.54, 1.807) is 18.2 Å². The lowest BCUT2D eigenvalue weighted by atomic mass is 10.3. The molecule has 0 saturated carbocycles. The Labute approximate surface area is 69.2 Å². The molecule has 0 aliphatic heterocycles. The molecule has 1 heterocycles. The van der Waals surface area contributed by atoms with Crippen LogP contribution < -0.4 is 5.73 Å². The highest BCUT2D eigenvalue weighted by Gasteiger charge is 1.97. The van der Waals surface area contributed by atoms with Crippen LogP contribution in [0, 0.1) is 0 Å². The lowest BCUT2D eigenvalue weighted by molar-refractivity contribution is 0.111. The Morgan fingerprint density at radius 3 is 2.91 bits per heavy atom. The molecule has 1 aromatic rings. The van der Waals surface area contributed by atoms with Crippen LogP contribution in [0.5, 0.6) is 0 Å². The summed E-state index contributed by atoms with van der Waals surface area (Å²) in [4.78, 5) is 14.3. The molecule has 0 radical (unpaired) electrons. The van der Waals surface area contributed by atoms with Crippen molar-refractivity contribution in [2.45, 2.75) is 0 Å². The summed E-state index contributed by atoms with van der Waals surface area (Å²) < 4.78 is 0. The van der Waals surface area contributed by atoms with Crippen molar-refractivity contribution in [1.82, 2.24) is 4.98 Å². The summed E-state index contributed by atoms with van der Waals surface area (Å²) in [7, 11) is 0. The van der Waals surface area contributed by atoms with Crippen molar-refractivity contribution in [3.63, 3.8) is 0 Å². The van der Waals surface area contributed by atoms with Crippen LogP contribution in [0.3, 0.4) is 0 Å². The zero-order valence-electron chi connectivity index (χ0n) is 5.65. The summed E-state index contributed by atoms with van der Waals surface area (Å²) in [5.41, 5.74) is 6.11. The van der Waals surface area contributed by atoms with Gasteiger partial charge in [-0.3, -0.25) is 4.79 Å². The molecule has 0 atom stereocenters. The van der Waals surface area contributed by atoms with Gasteiger partial charge < -0.3 is 5.73 Å². The molecule has 56 valence electrons. The summed E-state index contributed by atoms with van der Waals surface area (Å²) in [6, 6.07) is 4.94. The summed E-state index contributed by atoms with van der Waals surface area (Å²) in [5.74, 6) is 0. The van der Waals surface area contributed by atoms with E-state index in [2.05, 4.69) is 17.2 Å². The number of hydrogen-bond donors (Lipinski definition) is 1. The molecular formula is C7H6N2OS. The molecule has 0 bridgehead atoms. The van der Waals surface area contributed by atoms with Crippen molar-refractivity contribution in [3.8, 4) is 0 Å². The maximum absolute atomic E-state index is 10.2. The third-order valence-corrected chi connectivity index (χ3v) is 1.35. The zero-order valence-corrected chi connectivity index (χ0v) is 6.47. The maximum atomic E-state index is 10.2. The molecule has 0 amide bonds. The van der Waals surface area contributed by atoms with Crippen LogP contribution >= 0.6 is 12.2 Å². The minimum Gasteiger partial charge on any atom is -0.388 e. The van der Waals surface area contributed by atoms with Crippen LogP contribution in [-0.4, -0.2) is 16.3 Å². The Bertz CT molecular complexity index is 298. The number of thiocarbonyl (C=S) groups is 1. The molecule has 2 N–H and O–H groups in total. The first-order valence-electron chi connectivity index (χ1n) is 2.96. The fourth-order valence-corrected chi connectivity index (χ4v) is 0.768. The van der Waals surface area contributed by atoms with E-state index in [0.717, 1.165) is 0 Å². The van der Waals surface area contributed by atoms with Gasteiger partial charge in [0.1, 0.15) is 10.7 Å². The minimum absolute atomic E-state index is 0.203. The number of hydrogen-bond acceptors (Lipinski definition) is 3. The third-order valence-electron chi connectivity index (χ3n) is 1.14. The highest BCUT2D eigenvalue weighted by Crippen LogP contribution is 1.96. The smallest absolute Gasteiger partial charge is 0.168 e. The van der Waals surface area contributed by atoms with Crippen LogP contribution in [0.15, 0.2) is 18.2 Å². The van der Waals surface area contributed by atoms with Gasteiger partial charge in [-0.2, -0.15) is 0 Å².